The van der Waals surface area contributed by atoms with Gasteiger partial charge in [-0.05, 0) is 17.0 Å². The van der Waals surface area contributed by atoms with Gasteiger partial charge in [0.25, 0.3) is 0 Å². The van der Waals surface area contributed by atoms with Crippen molar-refractivity contribution in [1.29, 1.82) is 0 Å². The minimum absolute atomic E-state index is 0.161. The van der Waals surface area contributed by atoms with Crippen molar-refractivity contribution >= 4 is 17.6 Å². The van der Waals surface area contributed by atoms with Gasteiger partial charge in [0.1, 0.15) is 5.82 Å². The van der Waals surface area contributed by atoms with Crippen molar-refractivity contribution in [3.05, 3.63) is 23.9 Å². The number of terminal acetylenes is 1. The van der Waals surface area contributed by atoms with Crippen LogP contribution in [0.5, 0.6) is 0 Å². The van der Waals surface area contributed by atoms with Gasteiger partial charge in [0.15, 0.2) is 0 Å². The molecule has 0 atom stereocenters. The zero-order valence-electron chi connectivity index (χ0n) is 10.8. The third kappa shape index (κ3) is 5.14. The van der Waals surface area contributed by atoms with Crippen LogP contribution in [0.25, 0.3) is 0 Å². The normalized spacial score (nSPS) is 10.9. The highest BCUT2D eigenvalue weighted by atomic mass is 32.2. The third-order valence-electron chi connectivity index (χ3n) is 2.37. The van der Waals surface area contributed by atoms with E-state index >= 15 is 0 Å². The lowest BCUT2D eigenvalue weighted by Crippen LogP contribution is -2.12. The fraction of sp³-hybridized carbons (Fsp3) is 0.500. The number of anilines is 1. The van der Waals surface area contributed by atoms with Gasteiger partial charge in [0, 0.05) is 18.5 Å². The zero-order chi connectivity index (χ0) is 12.7. The van der Waals surface area contributed by atoms with E-state index in [-0.39, 0.29) is 5.41 Å². The van der Waals surface area contributed by atoms with Crippen molar-refractivity contribution < 1.29 is 0 Å². The van der Waals surface area contributed by atoms with Crippen molar-refractivity contribution in [2.75, 3.05) is 23.4 Å². The van der Waals surface area contributed by atoms with Crippen LogP contribution >= 0.6 is 11.8 Å². The smallest absolute Gasteiger partial charge is 0.125 e. The summed E-state index contributed by atoms with van der Waals surface area (Å²) in [5.41, 5.74) is 1.42. The van der Waals surface area contributed by atoms with E-state index in [1.54, 1.807) is 11.8 Å². The standard InChI is InChI=1S/C14H20N2S/c1-5-9-17-10-8-15-13-7-6-12(11-16-13)14(2,3)4/h1,6-7,11H,8-10H2,2-4H3,(H,15,16). The molecule has 0 aliphatic rings. The Balaban J connectivity index is 2.39. The SMILES string of the molecule is C#CCSCCNc1ccc(C(C)(C)C)cn1. The molecule has 1 aromatic rings. The summed E-state index contributed by atoms with van der Waals surface area (Å²) in [5, 5.41) is 3.28. The minimum atomic E-state index is 0.161. The first-order chi connectivity index (χ1) is 8.04. The Morgan fingerprint density at radius 3 is 2.71 bits per heavy atom. The van der Waals surface area contributed by atoms with Gasteiger partial charge in [-0.1, -0.05) is 32.8 Å². The maximum Gasteiger partial charge on any atom is 0.125 e. The summed E-state index contributed by atoms with van der Waals surface area (Å²) in [6, 6.07) is 4.16. The van der Waals surface area contributed by atoms with Gasteiger partial charge in [0.2, 0.25) is 0 Å². The van der Waals surface area contributed by atoms with Crippen LogP contribution in [0.2, 0.25) is 0 Å². The molecular weight excluding hydrogens is 228 g/mol. The van der Waals surface area contributed by atoms with Crippen molar-refractivity contribution in [3.8, 4) is 12.3 Å². The number of hydrogen-bond donors (Lipinski definition) is 1. The molecule has 0 amide bonds. The molecule has 2 nitrogen and oxygen atoms in total. The summed E-state index contributed by atoms with van der Waals surface area (Å²) in [6.07, 6.45) is 7.12. The van der Waals surface area contributed by atoms with Crippen LogP contribution in [0.3, 0.4) is 0 Å². The van der Waals surface area contributed by atoms with Gasteiger partial charge in [-0.25, -0.2) is 4.98 Å². The average molecular weight is 248 g/mol. The number of aromatic nitrogens is 1. The first-order valence-electron chi connectivity index (χ1n) is 5.75. The fourth-order valence-corrected chi connectivity index (χ4v) is 1.83. The molecule has 0 spiro atoms. The molecule has 17 heavy (non-hydrogen) atoms. The molecule has 0 saturated heterocycles. The van der Waals surface area contributed by atoms with Crippen LogP contribution < -0.4 is 5.32 Å². The molecule has 3 heteroatoms. The largest absolute Gasteiger partial charge is 0.369 e. The highest BCUT2D eigenvalue weighted by Crippen LogP contribution is 2.21. The Hall–Kier alpha value is -1.14. The molecule has 0 fully saturated rings. The Morgan fingerprint density at radius 1 is 1.41 bits per heavy atom. The topological polar surface area (TPSA) is 24.9 Å². The van der Waals surface area contributed by atoms with Crippen LogP contribution in [-0.4, -0.2) is 23.0 Å². The lowest BCUT2D eigenvalue weighted by Gasteiger charge is -2.18. The minimum Gasteiger partial charge on any atom is -0.369 e. The van der Waals surface area contributed by atoms with Gasteiger partial charge in [-0.2, -0.15) is 0 Å². The molecule has 0 bridgehead atoms. The number of rotatable bonds is 5. The molecule has 1 N–H and O–H groups in total. The van der Waals surface area contributed by atoms with Crippen LogP contribution in [0.15, 0.2) is 18.3 Å². The second kappa shape index (κ2) is 6.56. The van der Waals surface area contributed by atoms with E-state index in [4.69, 9.17) is 6.42 Å². The summed E-state index contributed by atoms with van der Waals surface area (Å²) in [5.74, 6) is 5.32. The second-order valence-corrected chi connectivity index (χ2v) is 5.97. The van der Waals surface area contributed by atoms with Crippen LogP contribution in [0, 0.1) is 12.3 Å². The Kier molecular flexibility index (Phi) is 5.37. The predicted molar refractivity (Wildman–Crippen MR) is 77.6 cm³/mol. The highest BCUT2D eigenvalue weighted by molar-refractivity contribution is 7.99. The van der Waals surface area contributed by atoms with E-state index < -0.39 is 0 Å². The maximum atomic E-state index is 5.18. The molecule has 0 aliphatic carbocycles. The monoisotopic (exact) mass is 248 g/mol. The van der Waals surface area contributed by atoms with E-state index in [0.717, 1.165) is 23.9 Å². The molecular formula is C14H20N2S. The number of nitrogens with one attached hydrogen (secondary N) is 1. The lowest BCUT2D eigenvalue weighted by atomic mass is 9.88. The van der Waals surface area contributed by atoms with E-state index in [9.17, 15) is 0 Å². The van der Waals surface area contributed by atoms with Crippen LogP contribution in [0.4, 0.5) is 5.82 Å². The van der Waals surface area contributed by atoms with Gasteiger partial charge < -0.3 is 5.32 Å². The van der Waals surface area contributed by atoms with Gasteiger partial charge in [-0.15, -0.1) is 18.2 Å². The molecule has 1 aromatic heterocycles. The van der Waals surface area contributed by atoms with Gasteiger partial charge >= 0.3 is 0 Å². The van der Waals surface area contributed by atoms with Gasteiger partial charge in [-0.3, -0.25) is 0 Å². The van der Waals surface area contributed by atoms with Crippen molar-refractivity contribution in [1.82, 2.24) is 4.98 Å². The molecule has 92 valence electrons. The summed E-state index contributed by atoms with van der Waals surface area (Å²) in [4.78, 5) is 4.40. The van der Waals surface area contributed by atoms with Crippen molar-refractivity contribution in [3.63, 3.8) is 0 Å². The Labute approximate surface area is 109 Å². The summed E-state index contributed by atoms with van der Waals surface area (Å²) in [6.45, 7) is 7.46. The first-order valence-corrected chi connectivity index (χ1v) is 6.91. The summed E-state index contributed by atoms with van der Waals surface area (Å²) in [7, 11) is 0. The second-order valence-electron chi connectivity index (χ2n) is 4.87. The van der Waals surface area contributed by atoms with E-state index in [1.165, 1.54) is 5.56 Å². The highest BCUT2D eigenvalue weighted by Gasteiger charge is 2.13. The van der Waals surface area contributed by atoms with Crippen molar-refractivity contribution in [2.24, 2.45) is 0 Å². The van der Waals surface area contributed by atoms with Crippen LogP contribution in [0.1, 0.15) is 26.3 Å². The number of pyridine rings is 1. The number of thioether (sulfide) groups is 1. The quantitative estimate of drug-likeness (QED) is 0.640. The maximum absolute atomic E-state index is 5.18. The Bertz CT molecular complexity index is 371. The summed E-state index contributed by atoms with van der Waals surface area (Å²) < 4.78 is 0. The molecule has 0 radical (unpaired) electrons. The fourth-order valence-electron chi connectivity index (χ4n) is 1.32. The van der Waals surface area contributed by atoms with Crippen LogP contribution in [-0.2, 0) is 5.41 Å². The average Bonchev–Trinajstić information content (AvgIpc) is 2.28. The number of hydrogen-bond acceptors (Lipinski definition) is 3. The Morgan fingerprint density at radius 2 is 2.18 bits per heavy atom. The molecule has 0 saturated carbocycles. The molecule has 0 unspecified atom stereocenters. The van der Waals surface area contributed by atoms with Gasteiger partial charge in [0.05, 0.1) is 5.75 Å². The molecule has 0 aliphatic heterocycles. The first kappa shape index (κ1) is 13.9. The molecule has 1 heterocycles. The van der Waals surface area contributed by atoms with E-state index in [0.29, 0.717) is 0 Å². The molecule has 1 rings (SSSR count). The van der Waals surface area contributed by atoms with E-state index in [1.807, 2.05) is 12.3 Å². The lowest BCUT2D eigenvalue weighted by molar-refractivity contribution is 0.587. The third-order valence-corrected chi connectivity index (χ3v) is 3.23. The van der Waals surface area contributed by atoms with E-state index in [2.05, 4.69) is 43.1 Å². The van der Waals surface area contributed by atoms with Crippen molar-refractivity contribution in [2.45, 2.75) is 26.2 Å². The zero-order valence-corrected chi connectivity index (χ0v) is 11.6. The predicted octanol–water partition coefficient (Wildman–Crippen LogP) is 3.16. The number of nitrogens with zero attached hydrogens (tertiary/aromatic N) is 1. The summed E-state index contributed by atoms with van der Waals surface area (Å²) >= 11 is 1.75. The molecule has 0 aromatic carbocycles.